The maximum Gasteiger partial charge on any atom is 0.258 e. The zero-order chi connectivity index (χ0) is 14.1. The number of benzene rings is 2. The second-order valence-corrected chi connectivity index (χ2v) is 5.57. The normalized spacial score (nSPS) is 14.0. The summed E-state index contributed by atoms with van der Waals surface area (Å²) < 4.78 is 26.5. The lowest BCUT2D eigenvalue weighted by molar-refractivity contribution is 0.0987. The van der Waals surface area contributed by atoms with Crippen LogP contribution in [-0.4, -0.2) is 18.2 Å². The van der Waals surface area contributed by atoms with Gasteiger partial charge in [-0.3, -0.25) is 4.79 Å². The van der Waals surface area contributed by atoms with Gasteiger partial charge in [0.2, 0.25) is 0 Å². The van der Waals surface area contributed by atoms with Crippen LogP contribution in [0.1, 0.15) is 10.4 Å². The highest BCUT2D eigenvalue weighted by Crippen LogP contribution is 2.35. The average Bonchev–Trinajstić information content (AvgIpc) is 2.45. The lowest BCUT2D eigenvalue weighted by Crippen LogP contribution is -2.35. The molecule has 20 heavy (non-hydrogen) atoms. The molecule has 5 heteroatoms. The summed E-state index contributed by atoms with van der Waals surface area (Å²) in [5.41, 5.74) is 0.822. The van der Waals surface area contributed by atoms with Crippen LogP contribution in [0.15, 0.2) is 47.4 Å². The number of carbonyl (C=O) groups is 1. The second-order valence-electron chi connectivity index (χ2n) is 4.43. The number of hydrogen-bond donors (Lipinski definition) is 0. The molecule has 0 radical (unpaired) electrons. The molecule has 0 spiro atoms. The van der Waals surface area contributed by atoms with Crippen LogP contribution < -0.4 is 4.90 Å². The molecule has 0 fully saturated rings. The molecule has 0 saturated heterocycles. The first-order valence-electron chi connectivity index (χ1n) is 6.15. The standard InChI is InChI=1S/C15H11F2NOS/c16-11-7-10(8-12(17)9-11)15(19)18-5-6-20-14-4-2-1-3-13(14)18/h1-4,7-9H,5-6H2. The van der Waals surface area contributed by atoms with E-state index in [1.165, 1.54) is 0 Å². The summed E-state index contributed by atoms with van der Waals surface area (Å²) >= 11 is 1.67. The fourth-order valence-corrected chi connectivity index (χ4v) is 3.21. The number of carbonyl (C=O) groups excluding carboxylic acids is 1. The lowest BCUT2D eigenvalue weighted by atomic mass is 10.1. The van der Waals surface area contributed by atoms with Gasteiger partial charge in [0.25, 0.3) is 5.91 Å². The first kappa shape index (κ1) is 13.1. The third kappa shape index (κ3) is 2.41. The Kier molecular flexibility index (Phi) is 3.44. The lowest BCUT2D eigenvalue weighted by Gasteiger charge is -2.29. The van der Waals surface area contributed by atoms with Gasteiger partial charge in [0.05, 0.1) is 5.69 Å². The Bertz CT molecular complexity index is 654. The van der Waals surface area contributed by atoms with Crippen LogP contribution in [0.25, 0.3) is 0 Å². The smallest absolute Gasteiger partial charge is 0.258 e. The van der Waals surface area contributed by atoms with Gasteiger partial charge in [-0.2, -0.15) is 0 Å². The number of hydrogen-bond acceptors (Lipinski definition) is 2. The minimum absolute atomic E-state index is 0.0317. The minimum Gasteiger partial charge on any atom is -0.306 e. The third-order valence-corrected chi connectivity index (χ3v) is 4.13. The molecule has 0 saturated carbocycles. The van der Waals surface area contributed by atoms with Crippen molar-refractivity contribution in [3.05, 3.63) is 59.7 Å². The number of para-hydroxylation sites is 1. The molecule has 1 aliphatic heterocycles. The second kappa shape index (κ2) is 5.25. The molecule has 102 valence electrons. The molecule has 1 aliphatic rings. The van der Waals surface area contributed by atoms with Crippen LogP contribution in [-0.2, 0) is 0 Å². The summed E-state index contributed by atoms with van der Waals surface area (Å²) in [6.45, 7) is 0.526. The van der Waals surface area contributed by atoms with Gasteiger partial charge in [0, 0.05) is 28.8 Å². The molecule has 2 aromatic carbocycles. The number of nitrogens with zero attached hydrogens (tertiary/aromatic N) is 1. The van der Waals surface area contributed by atoms with E-state index >= 15 is 0 Å². The number of rotatable bonds is 1. The molecule has 1 heterocycles. The summed E-state index contributed by atoms with van der Waals surface area (Å²) in [5, 5.41) is 0. The number of fused-ring (bicyclic) bond motifs is 1. The third-order valence-electron chi connectivity index (χ3n) is 3.08. The van der Waals surface area contributed by atoms with Crippen LogP contribution in [0.3, 0.4) is 0 Å². The SMILES string of the molecule is O=C(c1cc(F)cc(F)c1)N1CCSc2ccccc21. The van der Waals surface area contributed by atoms with Gasteiger partial charge >= 0.3 is 0 Å². The first-order valence-corrected chi connectivity index (χ1v) is 7.13. The van der Waals surface area contributed by atoms with Crippen molar-refractivity contribution in [2.75, 3.05) is 17.2 Å². The molecule has 0 atom stereocenters. The topological polar surface area (TPSA) is 20.3 Å². The predicted octanol–water partition coefficient (Wildman–Crippen LogP) is 3.72. The van der Waals surface area contributed by atoms with Crippen LogP contribution >= 0.6 is 11.8 Å². The Morgan fingerprint density at radius 2 is 1.80 bits per heavy atom. The van der Waals surface area contributed by atoms with Crippen LogP contribution in [0.2, 0.25) is 0 Å². The fraction of sp³-hybridized carbons (Fsp3) is 0.133. The van der Waals surface area contributed by atoms with Gasteiger partial charge < -0.3 is 4.90 Å². The summed E-state index contributed by atoms with van der Waals surface area (Å²) in [4.78, 5) is 15.0. The van der Waals surface area contributed by atoms with Crippen LogP contribution in [0.4, 0.5) is 14.5 Å². The van der Waals surface area contributed by atoms with E-state index in [4.69, 9.17) is 0 Å². The maximum absolute atomic E-state index is 13.2. The fourth-order valence-electron chi connectivity index (χ4n) is 2.21. The Balaban J connectivity index is 1.99. The molecular formula is C15H11F2NOS. The van der Waals surface area contributed by atoms with Crippen molar-refractivity contribution in [1.29, 1.82) is 0 Å². The monoisotopic (exact) mass is 291 g/mol. The Morgan fingerprint density at radius 1 is 1.10 bits per heavy atom. The van der Waals surface area contributed by atoms with Crippen molar-refractivity contribution in [1.82, 2.24) is 0 Å². The van der Waals surface area contributed by atoms with Gasteiger partial charge in [0.15, 0.2) is 0 Å². The summed E-state index contributed by atoms with van der Waals surface area (Å²) in [6.07, 6.45) is 0. The molecule has 0 aromatic heterocycles. The van der Waals surface area contributed by atoms with E-state index < -0.39 is 11.6 Å². The molecule has 0 unspecified atom stereocenters. The van der Waals surface area contributed by atoms with Crippen LogP contribution in [0, 0.1) is 11.6 Å². The number of anilines is 1. The molecule has 2 nitrogen and oxygen atoms in total. The summed E-state index contributed by atoms with van der Waals surface area (Å²) in [6, 6.07) is 10.4. The predicted molar refractivity (Wildman–Crippen MR) is 75.2 cm³/mol. The molecule has 0 bridgehead atoms. The zero-order valence-electron chi connectivity index (χ0n) is 10.5. The molecule has 0 N–H and O–H groups in total. The Morgan fingerprint density at radius 3 is 2.55 bits per heavy atom. The van der Waals surface area contributed by atoms with E-state index in [1.807, 2.05) is 24.3 Å². The molecule has 0 aliphatic carbocycles. The Hall–Kier alpha value is -1.88. The van der Waals surface area contributed by atoms with Gasteiger partial charge in [-0.15, -0.1) is 11.8 Å². The summed E-state index contributed by atoms with van der Waals surface area (Å²) in [5.74, 6) is -1.10. The van der Waals surface area contributed by atoms with E-state index in [-0.39, 0.29) is 11.5 Å². The van der Waals surface area contributed by atoms with Crippen molar-refractivity contribution >= 4 is 23.4 Å². The van der Waals surface area contributed by atoms with Gasteiger partial charge in [0.1, 0.15) is 11.6 Å². The number of halogens is 2. The molecule has 2 aromatic rings. The average molecular weight is 291 g/mol. The van der Waals surface area contributed by atoms with E-state index in [9.17, 15) is 13.6 Å². The van der Waals surface area contributed by atoms with E-state index in [2.05, 4.69) is 0 Å². The van der Waals surface area contributed by atoms with E-state index in [1.54, 1.807) is 16.7 Å². The van der Waals surface area contributed by atoms with Crippen LogP contribution in [0.5, 0.6) is 0 Å². The van der Waals surface area contributed by atoms with E-state index in [0.29, 0.717) is 6.54 Å². The highest BCUT2D eigenvalue weighted by molar-refractivity contribution is 7.99. The van der Waals surface area contributed by atoms with E-state index in [0.717, 1.165) is 34.5 Å². The molecule has 1 amide bonds. The zero-order valence-corrected chi connectivity index (χ0v) is 11.3. The van der Waals surface area contributed by atoms with Crippen molar-refractivity contribution in [2.45, 2.75) is 4.90 Å². The number of amides is 1. The highest BCUT2D eigenvalue weighted by atomic mass is 32.2. The quantitative estimate of drug-likeness (QED) is 0.798. The van der Waals surface area contributed by atoms with Gasteiger partial charge in [-0.25, -0.2) is 8.78 Å². The van der Waals surface area contributed by atoms with Gasteiger partial charge in [-0.1, -0.05) is 12.1 Å². The largest absolute Gasteiger partial charge is 0.306 e. The molecular weight excluding hydrogens is 280 g/mol. The van der Waals surface area contributed by atoms with Crippen molar-refractivity contribution in [3.63, 3.8) is 0 Å². The summed E-state index contributed by atoms with van der Waals surface area (Å²) in [7, 11) is 0. The maximum atomic E-state index is 13.2. The Labute approximate surface area is 119 Å². The first-order chi connectivity index (χ1) is 9.65. The number of thioether (sulfide) groups is 1. The highest BCUT2D eigenvalue weighted by Gasteiger charge is 2.24. The van der Waals surface area contributed by atoms with Gasteiger partial charge in [-0.05, 0) is 24.3 Å². The van der Waals surface area contributed by atoms with Crippen molar-refractivity contribution < 1.29 is 13.6 Å². The molecule has 3 rings (SSSR count). The van der Waals surface area contributed by atoms with Crippen molar-refractivity contribution in [3.8, 4) is 0 Å². The van der Waals surface area contributed by atoms with Crippen molar-refractivity contribution in [2.24, 2.45) is 0 Å². The minimum atomic E-state index is -0.743.